The Kier molecular flexibility index (Phi) is 9.69. The molecule has 1 aliphatic rings. The summed E-state index contributed by atoms with van der Waals surface area (Å²) in [5.74, 6) is -5.61. The summed E-state index contributed by atoms with van der Waals surface area (Å²) in [6.07, 6.45) is -15.0. The van der Waals surface area contributed by atoms with Crippen molar-refractivity contribution in [2.45, 2.75) is 37.0 Å². The SMILES string of the molecule is NCc1ccc2c(c1)CC(c1ccccc1)(C(F)(F)F)N=C2N.O=C(O)C(F)(F)F.O=C(O)C(F)(F)F. The summed E-state index contributed by atoms with van der Waals surface area (Å²) in [6, 6.07) is 12.8. The first kappa shape index (κ1) is 31.2. The summed E-state index contributed by atoms with van der Waals surface area (Å²) in [6.45, 7) is 0.259. The van der Waals surface area contributed by atoms with Gasteiger partial charge in [-0.05, 0) is 16.7 Å². The monoisotopic (exact) mass is 547 g/mol. The van der Waals surface area contributed by atoms with Gasteiger partial charge in [0.2, 0.25) is 0 Å². The third-order valence-electron chi connectivity index (χ3n) is 4.64. The lowest BCUT2D eigenvalue weighted by Gasteiger charge is -2.36. The summed E-state index contributed by atoms with van der Waals surface area (Å²) in [5, 5.41) is 14.2. The van der Waals surface area contributed by atoms with Gasteiger partial charge in [-0.3, -0.25) is 0 Å². The Morgan fingerprint density at radius 1 is 0.865 bits per heavy atom. The third-order valence-corrected chi connectivity index (χ3v) is 4.64. The topological polar surface area (TPSA) is 139 Å². The molecular weight excluding hydrogens is 529 g/mol. The maximum atomic E-state index is 13.9. The second-order valence-corrected chi connectivity index (χ2v) is 7.20. The fraction of sp³-hybridized carbons (Fsp3) is 0.286. The highest BCUT2D eigenvalue weighted by Gasteiger charge is 2.57. The van der Waals surface area contributed by atoms with Crippen LogP contribution < -0.4 is 11.5 Å². The number of nitrogens with two attached hydrogens (primary N) is 2. The van der Waals surface area contributed by atoms with Crippen molar-refractivity contribution >= 4 is 17.8 Å². The normalized spacial score (nSPS) is 17.2. The van der Waals surface area contributed by atoms with Crippen molar-refractivity contribution in [2.75, 3.05) is 0 Å². The number of benzene rings is 2. The molecule has 204 valence electrons. The lowest BCUT2D eigenvalue weighted by molar-refractivity contribution is -0.193. The quantitative estimate of drug-likeness (QED) is 0.417. The second-order valence-electron chi connectivity index (χ2n) is 7.20. The van der Waals surface area contributed by atoms with Gasteiger partial charge < -0.3 is 21.7 Å². The van der Waals surface area contributed by atoms with E-state index in [4.69, 9.17) is 31.3 Å². The van der Waals surface area contributed by atoms with E-state index in [-0.39, 0.29) is 24.4 Å². The molecule has 0 saturated carbocycles. The van der Waals surface area contributed by atoms with Gasteiger partial charge in [-0.2, -0.15) is 39.5 Å². The zero-order valence-corrected chi connectivity index (χ0v) is 18.2. The fourth-order valence-electron chi connectivity index (χ4n) is 2.96. The Hall–Kier alpha value is -3.82. The van der Waals surface area contributed by atoms with Crippen LogP contribution in [0.1, 0.15) is 22.3 Å². The van der Waals surface area contributed by atoms with Crippen molar-refractivity contribution in [3.8, 4) is 0 Å². The van der Waals surface area contributed by atoms with Crippen LogP contribution in [0.25, 0.3) is 0 Å². The maximum Gasteiger partial charge on any atom is 0.490 e. The highest BCUT2D eigenvalue weighted by atomic mass is 19.4. The van der Waals surface area contributed by atoms with Crippen molar-refractivity contribution in [2.24, 2.45) is 16.5 Å². The molecule has 0 spiro atoms. The molecule has 1 aliphatic heterocycles. The lowest BCUT2D eigenvalue weighted by Crippen LogP contribution is -2.47. The van der Waals surface area contributed by atoms with Gasteiger partial charge in [0.1, 0.15) is 5.84 Å². The number of aliphatic imine (C=N–C) groups is 1. The van der Waals surface area contributed by atoms with Gasteiger partial charge in [0, 0.05) is 18.5 Å². The predicted octanol–water partition coefficient (Wildman–Crippen LogP) is 4.13. The van der Waals surface area contributed by atoms with Crippen LogP contribution in [0.4, 0.5) is 39.5 Å². The summed E-state index contributed by atoms with van der Waals surface area (Å²) in [5.41, 5.74) is 11.0. The predicted molar refractivity (Wildman–Crippen MR) is 110 cm³/mol. The Morgan fingerprint density at radius 2 is 1.32 bits per heavy atom. The van der Waals surface area contributed by atoms with E-state index in [9.17, 15) is 39.5 Å². The highest BCUT2D eigenvalue weighted by molar-refractivity contribution is 6.00. The Labute approximate surface area is 202 Å². The molecule has 6 N–H and O–H groups in total. The zero-order chi connectivity index (χ0) is 28.8. The number of carboxylic acid groups (broad SMARTS) is 2. The van der Waals surface area contributed by atoms with Crippen LogP contribution in [0.5, 0.6) is 0 Å². The lowest BCUT2D eigenvalue weighted by atomic mass is 9.79. The Morgan fingerprint density at radius 3 is 1.70 bits per heavy atom. The second kappa shape index (κ2) is 11.5. The van der Waals surface area contributed by atoms with Gasteiger partial charge in [-0.1, -0.05) is 48.5 Å². The van der Waals surface area contributed by atoms with Crippen molar-refractivity contribution in [1.82, 2.24) is 0 Å². The number of hydrogen-bond acceptors (Lipinski definition) is 5. The zero-order valence-electron chi connectivity index (χ0n) is 18.2. The molecule has 0 bridgehead atoms. The van der Waals surface area contributed by atoms with E-state index in [1.54, 1.807) is 36.4 Å². The Balaban J connectivity index is 0.000000404. The van der Waals surface area contributed by atoms with E-state index < -0.39 is 36.0 Å². The first-order valence-electron chi connectivity index (χ1n) is 9.66. The van der Waals surface area contributed by atoms with Crippen molar-refractivity contribution in [3.05, 3.63) is 70.8 Å². The molecule has 3 rings (SSSR count). The van der Waals surface area contributed by atoms with Crippen LogP contribution >= 0.6 is 0 Å². The fourth-order valence-corrected chi connectivity index (χ4v) is 2.96. The minimum absolute atomic E-state index is 0.0826. The number of aliphatic carboxylic acids is 2. The van der Waals surface area contributed by atoms with Crippen LogP contribution in [-0.4, -0.2) is 46.5 Å². The van der Waals surface area contributed by atoms with E-state index in [0.29, 0.717) is 11.1 Å². The molecule has 7 nitrogen and oxygen atoms in total. The molecular formula is C21H18F9N3O4. The van der Waals surface area contributed by atoms with E-state index in [0.717, 1.165) is 5.56 Å². The highest BCUT2D eigenvalue weighted by Crippen LogP contribution is 2.47. The number of hydrogen-bond donors (Lipinski definition) is 4. The number of rotatable bonds is 2. The van der Waals surface area contributed by atoms with Crippen LogP contribution in [0.3, 0.4) is 0 Å². The minimum atomic E-state index is -5.08. The number of carboxylic acids is 2. The van der Waals surface area contributed by atoms with E-state index in [2.05, 4.69) is 4.99 Å². The average molecular weight is 547 g/mol. The van der Waals surface area contributed by atoms with Crippen molar-refractivity contribution in [3.63, 3.8) is 0 Å². The summed E-state index contributed by atoms with van der Waals surface area (Å²) in [7, 11) is 0. The molecule has 0 aromatic heterocycles. The summed E-state index contributed by atoms with van der Waals surface area (Å²) in [4.78, 5) is 21.7. The average Bonchev–Trinajstić information content (AvgIpc) is 2.78. The molecule has 2 aromatic carbocycles. The minimum Gasteiger partial charge on any atom is -0.475 e. The van der Waals surface area contributed by atoms with E-state index in [1.165, 1.54) is 12.1 Å². The van der Waals surface area contributed by atoms with Crippen molar-refractivity contribution in [1.29, 1.82) is 0 Å². The van der Waals surface area contributed by atoms with Crippen LogP contribution in [0, 0.1) is 0 Å². The van der Waals surface area contributed by atoms with Gasteiger partial charge in [0.15, 0.2) is 5.54 Å². The van der Waals surface area contributed by atoms with Gasteiger partial charge in [0.05, 0.1) is 0 Å². The molecule has 1 unspecified atom stereocenters. The van der Waals surface area contributed by atoms with E-state index >= 15 is 0 Å². The molecule has 16 heteroatoms. The van der Waals surface area contributed by atoms with Crippen LogP contribution in [0.15, 0.2) is 53.5 Å². The first-order chi connectivity index (χ1) is 16.8. The molecule has 1 atom stereocenters. The Bertz CT molecular complexity index is 1110. The number of amidine groups is 1. The summed E-state index contributed by atoms with van der Waals surface area (Å²) >= 11 is 0. The van der Waals surface area contributed by atoms with Gasteiger partial charge in [-0.15, -0.1) is 0 Å². The molecule has 37 heavy (non-hydrogen) atoms. The molecule has 0 amide bonds. The van der Waals surface area contributed by atoms with Gasteiger partial charge >= 0.3 is 30.5 Å². The number of carbonyl (C=O) groups is 2. The smallest absolute Gasteiger partial charge is 0.475 e. The number of halogens is 9. The third kappa shape index (κ3) is 8.09. The number of fused-ring (bicyclic) bond motifs is 1. The number of nitrogens with zero attached hydrogens (tertiary/aromatic N) is 1. The summed E-state index contributed by atoms with van der Waals surface area (Å²) < 4.78 is 105. The maximum absolute atomic E-state index is 13.9. The molecule has 0 aliphatic carbocycles. The van der Waals surface area contributed by atoms with Gasteiger partial charge in [0.25, 0.3) is 0 Å². The van der Waals surface area contributed by atoms with Crippen LogP contribution in [0.2, 0.25) is 0 Å². The number of alkyl halides is 9. The molecule has 1 heterocycles. The standard InChI is InChI=1S/C17H16F3N3.2C2HF3O2/c18-17(19,20)16(13-4-2-1-3-5-13)9-12-8-11(10-21)6-7-14(12)15(22)23-16;2*3-2(4,5)1(6)7/h1-8H,9-10,21H2,(H2,22,23);2*(H,6,7). The molecule has 0 radical (unpaired) electrons. The molecule has 0 fully saturated rings. The first-order valence-corrected chi connectivity index (χ1v) is 9.66. The molecule has 2 aromatic rings. The molecule has 0 saturated heterocycles. The largest absolute Gasteiger partial charge is 0.490 e. The van der Waals surface area contributed by atoms with Crippen LogP contribution in [-0.2, 0) is 28.1 Å². The van der Waals surface area contributed by atoms with Gasteiger partial charge in [-0.25, -0.2) is 14.6 Å². The van der Waals surface area contributed by atoms with E-state index in [1.807, 2.05) is 0 Å². The van der Waals surface area contributed by atoms with Crippen molar-refractivity contribution < 1.29 is 59.3 Å².